The molecule has 0 aliphatic rings. The van der Waals surface area contributed by atoms with Crippen molar-refractivity contribution >= 4 is 0 Å². The topological polar surface area (TPSA) is 41.9 Å². The lowest BCUT2D eigenvalue weighted by atomic mass is 10.1. The zero-order valence-corrected chi connectivity index (χ0v) is 13.2. The number of methoxy groups -OCH3 is 2. The van der Waals surface area contributed by atoms with Crippen molar-refractivity contribution in [1.82, 2.24) is 4.90 Å². The number of aliphatic hydroxyl groups is 1. The molecule has 0 aromatic heterocycles. The van der Waals surface area contributed by atoms with Crippen molar-refractivity contribution in [2.24, 2.45) is 0 Å². The summed E-state index contributed by atoms with van der Waals surface area (Å²) in [4.78, 5) is 2.17. The van der Waals surface area contributed by atoms with Gasteiger partial charge in [0, 0.05) is 18.2 Å². The van der Waals surface area contributed by atoms with Crippen LogP contribution in [0, 0.1) is 0 Å². The van der Waals surface area contributed by atoms with Crippen LogP contribution < -0.4 is 9.47 Å². The third kappa shape index (κ3) is 4.39. The summed E-state index contributed by atoms with van der Waals surface area (Å²) >= 11 is 0. The summed E-state index contributed by atoms with van der Waals surface area (Å²) in [7, 11) is 5.27. The lowest BCUT2D eigenvalue weighted by Crippen LogP contribution is -2.33. The van der Waals surface area contributed by atoms with E-state index in [-0.39, 0.29) is 0 Å². The van der Waals surface area contributed by atoms with Gasteiger partial charge >= 0.3 is 0 Å². The summed E-state index contributed by atoms with van der Waals surface area (Å²) in [6.45, 7) is 4.93. The zero-order chi connectivity index (χ0) is 15.1. The van der Waals surface area contributed by atoms with Crippen LogP contribution in [-0.4, -0.2) is 43.9 Å². The van der Waals surface area contributed by atoms with Crippen LogP contribution in [-0.2, 0) is 0 Å². The molecule has 114 valence electrons. The molecule has 1 aromatic rings. The van der Waals surface area contributed by atoms with Gasteiger partial charge in [0.15, 0.2) is 0 Å². The lowest BCUT2D eigenvalue weighted by molar-refractivity contribution is 0.103. The van der Waals surface area contributed by atoms with Crippen LogP contribution in [0.15, 0.2) is 18.2 Å². The van der Waals surface area contributed by atoms with Gasteiger partial charge in [-0.3, -0.25) is 0 Å². The van der Waals surface area contributed by atoms with E-state index < -0.39 is 6.10 Å². The van der Waals surface area contributed by atoms with Gasteiger partial charge < -0.3 is 19.5 Å². The van der Waals surface area contributed by atoms with Gasteiger partial charge in [0.05, 0.1) is 20.3 Å². The predicted molar refractivity (Wildman–Crippen MR) is 81.5 cm³/mol. The van der Waals surface area contributed by atoms with E-state index in [9.17, 15) is 5.11 Å². The summed E-state index contributed by atoms with van der Waals surface area (Å²) in [6.07, 6.45) is 1.67. The van der Waals surface area contributed by atoms with Gasteiger partial charge in [0.2, 0.25) is 0 Å². The van der Waals surface area contributed by atoms with Crippen molar-refractivity contribution in [2.75, 3.05) is 27.8 Å². The first-order chi connectivity index (χ1) is 9.53. The Morgan fingerprint density at radius 3 is 2.50 bits per heavy atom. The van der Waals surface area contributed by atoms with E-state index in [1.807, 2.05) is 25.2 Å². The molecule has 4 nitrogen and oxygen atoms in total. The smallest absolute Gasteiger partial charge is 0.124 e. The maximum atomic E-state index is 10.5. The number of aliphatic hydroxyl groups excluding tert-OH is 1. The minimum Gasteiger partial charge on any atom is -0.497 e. The number of hydrogen-bond acceptors (Lipinski definition) is 4. The summed E-state index contributed by atoms with van der Waals surface area (Å²) in [5.41, 5.74) is 0.766. The van der Waals surface area contributed by atoms with E-state index in [0.29, 0.717) is 18.3 Å². The van der Waals surface area contributed by atoms with Gasteiger partial charge in [0.25, 0.3) is 0 Å². The van der Waals surface area contributed by atoms with Crippen LogP contribution in [0.4, 0.5) is 0 Å². The molecule has 2 atom stereocenters. The quantitative estimate of drug-likeness (QED) is 0.795. The SMILES string of the molecule is CCCC(C)N(C)CC(O)c1cc(OC)ccc1OC. The van der Waals surface area contributed by atoms with E-state index in [0.717, 1.165) is 24.2 Å². The van der Waals surface area contributed by atoms with E-state index in [1.54, 1.807) is 14.2 Å². The molecule has 0 radical (unpaired) electrons. The molecule has 1 rings (SSSR count). The molecule has 0 saturated heterocycles. The molecular weight excluding hydrogens is 254 g/mol. The fraction of sp³-hybridized carbons (Fsp3) is 0.625. The highest BCUT2D eigenvalue weighted by Gasteiger charge is 2.18. The van der Waals surface area contributed by atoms with Crippen molar-refractivity contribution in [3.8, 4) is 11.5 Å². The fourth-order valence-corrected chi connectivity index (χ4v) is 2.29. The molecule has 0 saturated carbocycles. The molecule has 0 bridgehead atoms. The van der Waals surface area contributed by atoms with Gasteiger partial charge in [0.1, 0.15) is 11.5 Å². The molecule has 20 heavy (non-hydrogen) atoms. The Bertz CT molecular complexity index is 409. The molecule has 0 amide bonds. The Kier molecular flexibility index (Phi) is 6.82. The largest absolute Gasteiger partial charge is 0.497 e. The van der Waals surface area contributed by atoms with Crippen LogP contribution in [0.2, 0.25) is 0 Å². The van der Waals surface area contributed by atoms with Gasteiger partial charge in [-0.15, -0.1) is 0 Å². The Morgan fingerprint density at radius 1 is 1.25 bits per heavy atom. The molecule has 1 N–H and O–H groups in total. The molecule has 0 heterocycles. The first kappa shape index (κ1) is 16.8. The average Bonchev–Trinajstić information content (AvgIpc) is 2.46. The maximum absolute atomic E-state index is 10.5. The van der Waals surface area contributed by atoms with Crippen LogP contribution >= 0.6 is 0 Å². The Morgan fingerprint density at radius 2 is 1.95 bits per heavy atom. The summed E-state index contributed by atoms with van der Waals surface area (Å²) in [6, 6.07) is 5.94. The van der Waals surface area contributed by atoms with E-state index in [4.69, 9.17) is 9.47 Å². The Balaban J connectivity index is 2.82. The molecular formula is C16H27NO3. The molecule has 0 aliphatic carbocycles. The standard InChI is InChI=1S/C16H27NO3/c1-6-7-12(2)17(3)11-15(18)14-10-13(19-4)8-9-16(14)20-5/h8-10,12,15,18H,6-7,11H2,1-5H3. The highest BCUT2D eigenvalue weighted by atomic mass is 16.5. The number of benzene rings is 1. The third-order valence-electron chi connectivity index (χ3n) is 3.72. The number of hydrogen-bond donors (Lipinski definition) is 1. The van der Waals surface area contributed by atoms with Crippen LogP contribution in [0.5, 0.6) is 11.5 Å². The van der Waals surface area contributed by atoms with Crippen LogP contribution in [0.25, 0.3) is 0 Å². The Labute approximate surface area is 122 Å². The normalized spacial score (nSPS) is 14.2. The molecule has 0 fully saturated rings. The minimum absolute atomic E-state index is 0.450. The zero-order valence-electron chi connectivity index (χ0n) is 13.2. The van der Waals surface area contributed by atoms with Crippen molar-refractivity contribution in [2.45, 2.75) is 38.8 Å². The maximum Gasteiger partial charge on any atom is 0.124 e. The average molecular weight is 281 g/mol. The summed E-state index contributed by atoms with van der Waals surface area (Å²) in [5.74, 6) is 1.42. The number of nitrogens with zero attached hydrogens (tertiary/aromatic N) is 1. The highest BCUT2D eigenvalue weighted by Crippen LogP contribution is 2.30. The van der Waals surface area contributed by atoms with Crippen molar-refractivity contribution in [3.63, 3.8) is 0 Å². The first-order valence-electron chi connectivity index (χ1n) is 7.13. The summed E-state index contributed by atoms with van der Waals surface area (Å²) in [5, 5.41) is 10.5. The van der Waals surface area contributed by atoms with Gasteiger partial charge in [-0.1, -0.05) is 13.3 Å². The molecule has 2 unspecified atom stereocenters. The van der Waals surface area contributed by atoms with Gasteiger partial charge in [-0.25, -0.2) is 0 Å². The molecule has 0 spiro atoms. The highest BCUT2D eigenvalue weighted by molar-refractivity contribution is 5.41. The second-order valence-electron chi connectivity index (χ2n) is 5.20. The first-order valence-corrected chi connectivity index (χ1v) is 7.13. The van der Waals surface area contributed by atoms with E-state index >= 15 is 0 Å². The summed E-state index contributed by atoms with van der Waals surface area (Å²) < 4.78 is 10.5. The third-order valence-corrected chi connectivity index (χ3v) is 3.72. The lowest BCUT2D eigenvalue weighted by Gasteiger charge is -2.27. The van der Waals surface area contributed by atoms with Crippen molar-refractivity contribution < 1.29 is 14.6 Å². The second kappa shape index (κ2) is 8.12. The predicted octanol–water partition coefficient (Wildman–Crippen LogP) is 2.86. The van der Waals surface area contributed by atoms with E-state index in [2.05, 4.69) is 18.7 Å². The number of likely N-dealkylation sites (N-methyl/N-ethyl adjacent to an activating group) is 1. The molecule has 1 aromatic carbocycles. The number of rotatable bonds is 8. The van der Waals surface area contributed by atoms with Crippen LogP contribution in [0.1, 0.15) is 38.4 Å². The fourth-order valence-electron chi connectivity index (χ4n) is 2.29. The van der Waals surface area contributed by atoms with E-state index in [1.165, 1.54) is 0 Å². The minimum atomic E-state index is -0.593. The van der Waals surface area contributed by atoms with Crippen LogP contribution in [0.3, 0.4) is 0 Å². The Hall–Kier alpha value is -1.26. The van der Waals surface area contributed by atoms with Crippen molar-refractivity contribution in [1.29, 1.82) is 0 Å². The molecule has 4 heteroatoms. The molecule has 0 aliphatic heterocycles. The van der Waals surface area contributed by atoms with Gasteiger partial charge in [-0.2, -0.15) is 0 Å². The second-order valence-corrected chi connectivity index (χ2v) is 5.20. The van der Waals surface area contributed by atoms with Crippen molar-refractivity contribution in [3.05, 3.63) is 23.8 Å². The monoisotopic (exact) mass is 281 g/mol. The van der Waals surface area contributed by atoms with Gasteiger partial charge in [-0.05, 0) is 38.6 Å². The number of ether oxygens (including phenoxy) is 2.